The van der Waals surface area contributed by atoms with Gasteiger partial charge in [0.25, 0.3) is 10.1 Å². The van der Waals surface area contributed by atoms with Crippen LogP contribution in [-0.4, -0.2) is 35.8 Å². The molecule has 0 fully saturated rings. The highest BCUT2D eigenvalue weighted by molar-refractivity contribution is 7.88. The van der Waals surface area contributed by atoms with Gasteiger partial charge in [0.15, 0.2) is 0 Å². The van der Waals surface area contributed by atoms with Crippen molar-refractivity contribution in [3.05, 3.63) is 0 Å². The maximum absolute atomic E-state index is 10.4. The van der Waals surface area contributed by atoms with Crippen LogP contribution in [0.2, 0.25) is 0 Å². The highest BCUT2D eigenvalue weighted by Gasteiger charge is 2.06. The zero-order valence-corrected chi connectivity index (χ0v) is 6.90. The van der Waals surface area contributed by atoms with Crippen LogP contribution in [0.3, 0.4) is 0 Å². The van der Waals surface area contributed by atoms with Gasteiger partial charge in [-0.05, 0) is 0 Å². The van der Waals surface area contributed by atoms with E-state index in [0.717, 1.165) is 7.11 Å². The van der Waals surface area contributed by atoms with Crippen LogP contribution in [0, 0.1) is 0 Å². The van der Waals surface area contributed by atoms with Crippen molar-refractivity contribution < 1.29 is 21.4 Å². The van der Waals surface area contributed by atoms with Crippen molar-refractivity contribution in [1.82, 2.24) is 0 Å². The molecule has 0 aliphatic rings. The van der Waals surface area contributed by atoms with Crippen molar-refractivity contribution in [1.29, 1.82) is 0 Å². The Bertz CT molecular complexity index is 205. The van der Waals surface area contributed by atoms with E-state index < -0.39 is 32.7 Å². The molecule has 0 aliphatic heterocycles. The fraction of sp³-hybridized carbons (Fsp3) is 1.00. The van der Waals surface area contributed by atoms with E-state index in [1.165, 1.54) is 0 Å². The lowest BCUT2D eigenvalue weighted by Crippen LogP contribution is -2.13. The summed E-state index contributed by atoms with van der Waals surface area (Å²) in [6.45, 7) is 0. The monoisotopic (exact) mass is 187 g/mol. The molecule has 5 nitrogen and oxygen atoms in total. The highest BCUT2D eigenvalue weighted by atomic mass is 32.2. The summed E-state index contributed by atoms with van der Waals surface area (Å²) < 4.78 is 44.5. The van der Waals surface area contributed by atoms with Gasteiger partial charge in [-0.1, -0.05) is 11.1 Å². The Morgan fingerprint density at radius 3 is 2.40 bits per heavy atom. The van der Waals surface area contributed by atoms with Crippen LogP contribution >= 0.6 is 0 Å². The molecule has 1 atom stereocenters. The number of rotatable bonds is 4. The van der Waals surface area contributed by atoms with E-state index in [0.29, 0.717) is 0 Å². The molecule has 0 rings (SSSR count). The van der Waals surface area contributed by atoms with Gasteiger partial charge in [-0.15, -0.1) is 0 Å². The van der Waals surface area contributed by atoms with Gasteiger partial charge in [0.1, 0.15) is 0 Å². The van der Waals surface area contributed by atoms with Crippen LogP contribution < -0.4 is 0 Å². The van der Waals surface area contributed by atoms with Crippen LogP contribution in [0.1, 0.15) is 0 Å². The van der Waals surface area contributed by atoms with E-state index in [1.54, 1.807) is 0 Å². The first kappa shape index (κ1) is 10.0. The maximum atomic E-state index is 10.4. The number of hydrogen-bond acceptors (Lipinski definition) is 5. The third-order valence-corrected chi connectivity index (χ3v) is 2.76. The molecule has 0 saturated heterocycles. The van der Waals surface area contributed by atoms with Crippen LogP contribution in [0.5, 0.6) is 0 Å². The minimum absolute atomic E-state index is 0.420. The molecule has 0 radical (unpaired) electrons. The highest BCUT2D eigenvalue weighted by Crippen LogP contribution is 1.89. The van der Waals surface area contributed by atoms with E-state index in [2.05, 4.69) is 4.18 Å². The second kappa shape index (κ2) is 4.02. The van der Waals surface area contributed by atoms with Gasteiger partial charge in [0.05, 0.1) is 12.9 Å². The van der Waals surface area contributed by atoms with Crippen LogP contribution in [0.15, 0.2) is 0 Å². The molecule has 0 aromatic heterocycles. The molecule has 0 heterocycles. The normalized spacial score (nSPS) is 15.0. The Balaban J connectivity index is 3.81. The molecule has 10 heavy (non-hydrogen) atoms. The summed E-state index contributed by atoms with van der Waals surface area (Å²) in [5.74, 6) is -0.907. The summed E-state index contributed by atoms with van der Waals surface area (Å²) in [7, 11) is -2.62. The lowest BCUT2D eigenvalue weighted by molar-refractivity contribution is 0.398. The molecule has 0 spiro atoms. The summed E-state index contributed by atoms with van der Waals surface area (Å²) in [5, 5.41) is 0. The van der Waals surface area contributed by atoms with Gasteiger partial charge < -0.3 is 4.55 Å². The summed E-state index contributed by atoms with van der Waals surface area (Å²) in [5.41, 5.74) is 0. The standard InChI is InChI=1S/C3H8O5S2/c1-8-10(6,7)3-2-9(4)5/h2-3H2,1H3,(H,4,5)/p-1. The van der Waals surface area contributed by atoms with Crippen molar-refractivity contribution >= 4 is 21.2 Å². The Morgan fingerprint density at radius 1 is 1.60 bits per heavy atom. The zero-order chi connectivity index (χ0) is 8.20. The molecule has 0 amide bonds. The predicted octanol–water partition coefficient (Wildman–Crippen LogP) is -1.16. The summed E-state index contributed by atoms with van der Waals surface area (Å²) >= 11 is -2.32. The third kappa shape index (κ3) is 4.86. The molecule has 0 N–H and O–H groups in total. The van der Waals surface area contributed by atoms with Crippen molar-refractivity contribution in [2.75, 3.05) is 18.6 Å². The van der Waals surface area contributed by atoms with Crippen molar-refractivity contribution in [3.63, 3.8) is 0 Å². The minimum Gasteiger partial charge on any atom is -0.772 e. The predicted molar refractivity (Wildman–Crippen MR) is 34.6 cm³/mol. The van der Waals surface area contributed by atoms with Crippen LogP contribution in [0.25, 0.3) is 0 Å². The Kier molecular flexibility index (Phi) is 4.02. The van der Waals surface area contributed by atoms with E-state index in [9.17, 15) is 17.2 Å². The molecular weight excluding hydrogens is 180 g/mol. The van der Waals surface area contributed by atoms with Gasteiger partial charge in [-0.2, -0.15) is 8.42 Å². The first-order valence-electron chi connectivity index (χ1n) is 2.32. The summed E-state index contributed by atoms with van der Waals surface area (Å²) in [6.07, 6.45) is 0. The lowest BCUT2D eigenvalue weighted by atomic mass is 11.0. The fourth-order valence-electron chi connectivity index (χ4n) is 0.253. The second-order valence-corrected chi connectivity index (χ2v) is 4.31. The first-order chi connectivity index (χ1) is 4.48. The van der Waals surface area contributed by atoms with E-state index in [-0.39, 0.29) is 0 Å². The van der Waals surface area contributed by atoms with Crippen molar-refractivity contribution in [2.45, 2.75) is 0 Å². The molecule has 0 aliphatic carbocycles. The van der Waals surface area contributed by atoms with Crippen molar-refractivity contribution in [3.8, 4) is 0 Å². The van der Waals surface area contributed by atoms with Gasteiger partial charge >= 0.3 is 0 Å². The average Bonchev–Trinajstić information content (AvgIpc) is 1.85. The van der Waals surface area contributed by atoms with Gasteiger partial charge in [-0.3, -0.25) is 8.39 Å². The summed E-state index contributed by atoms with van der Waals surface area (Å²) in [4.78, 5) is 0. The largest absolute Gasteiger partial charge is 0.772 e. The Hall–Kier alpha value is 0.0200. The van der Waals surface area contributed by atoms with E-state index in [1.807, 2.05) is 0 Å². The second-order valence-electron chi connectivity index (χ2n) is 1.44. The molecule has 7 heteroatoms. The zero-order valence-electron chi connectivity index (χ0n) is 5.27. The molecule has 0 aromatic carbocycles. The van der Waals surface area contributed by atoms with Crippen LogP contribution in [0.4, 0.5) is 0 Å². The molecule has 0 bridgehead atoms. The number of hydrogen-bond donors (Lipinski definition) is 0. The molecule has 62 valence electrons. The lowest BCUT2D eigenvalue weighted by Gasteiger charge is -2.03. The van der Waals surface area contributed by atoms with Gasteiger partial charge in [0, 0.05) is 5.75 Å². The van der Waals surface area contributed by atoms with Gasteiger partial charge in [-0.25, -0.2) is 0 Å². The van der Waals surface area contributed by atoms with Crippen LogP contribution in [-0.2, 0) is 25.4 Å². The third-order valence-electron chi connectivity index (χ3n) is 0.754. The molecule has 0 saturated carbocycles. The fourth-order valence-corrected chi connectivity index (χ4v) is 1.78. The van der Waals surface area contributed by atoms with E-state index >= 15 is 0 Å². The van der Waals surface area contributed by atoms with Crippen molar-refractivity contribution in [2.24, 2.45) is 0 Å². The first-order valence-corrected chi connectivity index (χ1v) is 5.14. The Labute approximate surface area is 61.8 Å². The maximum Gasteiger partial charge on any atom is 0.267 e. The molecule has 1 unspecified atom stereocenters. The molecule has 0 aromatic rings. The quantitative estimate of drug-likeness (QED) is 0.409. The van der Waals surface area contributed by atoms with Gasteiger partial charge in [0.2, 0.25) is 0 Å². The Morgan fingerprint density at radius 2 is 2.10 bits per heavy atom. The summed E-state index contributed by atoms with van der Waals surface area (Å²) in [6, 6.07) is 0. The topological polar surface area (TPSA) is 83.5 Å². The average molecular weight is 187 g/mol. The van der Waals surface area contributed by atoms with E-state index in [4.69, 9.17) is 0 Å². The smallest absolute Gasteiger partial charge is 0.267 e. The molecular formula is C3H7O5S2-. The minimum atomic E-state index is -3.61. The SMILES string of the molecule is COS(=O)(=O)CCS(=O)[O-].